The number of hydrogen-bond acceptors (Lipinski definition) is 3. The van der Waals surface area contributed by atoms with E-state index in [9.17, 15) is 4.79 Å². The van der Waals surface area contributed by atoms with E-state index in [1.54, 1.807) is 22.6 Å². The number of rotatable bonds is 4. The Labute approximate surface area is 165 Å². The molecule has 2 aromatic carbocycles. The third kappa shape index (κ3) is 3.44. The summed E-state index contributed by atoms with van der Waals surface area (Å²) >= 11 is 5.30. The summed E-state index contributed by atoms with van der Waals surface area (Å²) in [6, 6.07) is 16.4. The molecular formula is C20H18BrN3OS. The Morgan fingerprint density at radius 3 is 2.92 bits per heavy atom. The van der Waals surface area contributed by atoms with Crippen LogP contribution in [0.2, 0.25) is 0 Å². The molecule has 0 radical (unpaired) electrons. The third-order valence-corrected chi connectivity index (χ3v) is 6.25. The first kappa shape index (κ1) is 17.4. The van der Waals surface area contributed by atoms with E-state index >= 15 is 0 Å². The van der Waals surface area contributed by atoms with E-state index in [0.717, 1.165) is 21.5 Å². The summed E-state index contributed by atoms with van der Waals surface area (Å²) in [6.45, 7) is 0. The number of fused-ring (bicyclic) bond motifs is 1. The molecule has 4 nitrogen and oxygen atoms in total. The quantitative estimate of drug-likeness (QED) is 0.672. The Bertz CT molecular complexity index is 955. The molecule has 2 heterocycles. The number of benzene rings is 2. The molecular weight excluding hydrogens is 410 g/mol. The van der Waals surface area contributed by atoms with Gasteiger partial charge in [-0.15, -0.1) is 11.8 Å². The molecule has 0 bridgehead atoms. The number of nitrogens with zero attached hydrogens (tertiary/aromatic N) is 2. The molecule has 0 saturated heterocycles. The number of halogens is 1. The van der Waals surface area contributed by atoms with Gasteiger partial charge >= 0.3 is 0 Å². The van der Waals surface area contributed by atoms with E-state index in [2.05, 4.69) is 50.6 Å². The molecule has 0 aliphatic carbocycles. The van der Waals surface area contributed by atoms with Crippen molar-refractivity contribution < 1.29 is 4.79 Å². The fraction of sp³-hybridized carbons (Fsp3) is 0.200. The van der Waals surface area contributed by atoms with Gasteiger partial charge in [-0.1, -0.05) is 46.3 Å². The summed E-state index contributed by atoms with van der Waals surface area (Å²) in [6.07, 6.45) is 2.35. The van der Waals surface area contributed by atoms with Crippen molar-refractivity contribution in [2.24, 2.45) is 7.05 Å². The highest BCUT2D eigenvalue weighted by atomic mass is 79.9. The molecule has 0 spiro atoms. The van der Waals surface area contributed by atoms with Gasteiger partial charge in [-0.2, -0.15) is 5.10 Å². The molecule has 4 rings (SSSR count). The van der Waals surface area contributed by atoms with Crippen LogP contribution in [0.1, 0.15) is 33.2 Å². The molecule has 1 unspecified atom stereocenters. The summed E-state index contributed by atoms with van der Waals surface area (Å²) < 4.78 is 2.82. The van der Waals surface area contributed by atoms with E-state index in [4.69, 9.17) is 0 Å². The van der Waals surface area contributed by atoms with Crippen molar-refractivity contribution in [1.82, 2.24) is 15.1 Å². The second-order valence-corrected chi connectivity index (χ2v) is 8.29. The highest BCUT2D eigenvalue weighted by Gasteiger charge is 2.26. The van der Waals surface area contributed by atoms with Crippen LogP contribution in [0.4, 0.5) is 0 Å². The van der Waals surface area contributed by atoms with Crippen molar-refractivity contribution in [1.29, 1.82) is 0 Å². The highest BCUT2D eigenvalue weighted by molar-refractivity contribution is 9.10. The fourth-order valence-corrected chi connectivity index (χ4v) is 4.71. The normalized spacial score (nSPS) is 15.7. The average Bonchev–Trinajstić information content (AvgIpc) is 3.20. The first-order valence-electron chi connectivity index (χ1n) is 8.40. The van der Waals surface area contributed by atoms with Crippen LogP contribution in [0.3, 0.4) is 0 Å². The zero-order chi connectivity index (χ0) is 18.1. The maximum absolute atomic E-state index is 12.9. The molecule has 132 valence electrons. The monoisotopic (exact) mass is 427 g/mol. The second-order valence-electron chi connectivity index (χ2n) is 6.31. The first-order chi connectivity index (χ1) is 12.6. The maximum atomic E-state index is 12.9. The van der Waals surface area contributed by atoms with E-state index in [0.29, 0.717) is 12.0 Å². The predicted molar refractivity (Wildman–Crippen MR) is 108 cm³/mol. The van der Waals surface area contributed by atoms with Gasteiger partial charge in [0.1, 0.15) is 0 Å². The number of aryl methyl sites for hydroxylation is 1. The van der Waals surface area contributed by atoms with Crippen LogP contribution < -0.4 is 5.32 Å². The summed E-state index contributed by atoms with van der Waals surface area (Å²) in [7, 11) is 1.88. The number of hydrogen-bond donors (Lipinski definition) is 1. The van der Waals surface area contributed by atoms with Gasteiger partial charge in [-0.3, -0.25) is 9.48 Å². The number of thioether (sulfide) groups is 1. The average molecular weight is 428 g/mol. The summed E-state index contributed by atoms with van der Waals surface area (Å²) in [5.41, 5.74) is 3.90. The van der Waals surface area contributed by atoms with Gasteiger partial charge in [0.2, 0.25) is 0 Å². The summed E-state index contributed by atoms with van der Waals surface area (Å²) in [4.78, 5) is 14.2. The molecule has 0 saturated carbocycles. The minimum absolute atomic E-state index is 0.0183. The van der Waals surface area contributed by atoms with Crippen LogP contribution >= 0.6 is 27.7 Å². The Kier molecular flexibility index (Phi) is 4.87. The maximum Gasteiger partial charge on any atom is 0.255 e. The lowest BCUT2D eigenvalue weighted by Crippen LogP contribution is -2.29. The predicted octanol–water partition coefficient (Wildman–Crippen LogP) is 4.35. The van der Waals surface area contributed by atoms with Gasteiger partial charge in [0.15, 0.2) is 0 Å². The van der Waals surface area contributed by atoms with Gasteiger partial charge in [0.25, 0.3) is 5.91 Å². The molecule has 1 N–H and O–H groups in total. The van der Waals surface area contributed by atoms with Crippen LogP contribution in [-0.2, 0) is 13.5 Å². The van der Waals surface area contributed by atoms with Crippen molar-refractivity contribution in [3.63, 3.8) is 0 Å². The molecule has 1 aliphatic rings. The van der Waals surface area contributed by atoms with E-state index < -0.39 is 0 Å². The molecule has 26 heavy (non-hydrogen) atoms. The van der Waals surface area contributed by atoms with E-state index in [1.165, 1.54) is 10.5 Å². The fourth-order valence-electron chi connectivity index (χ4n) is 3.19. The number of aromatic nitrogens is 2. The smallest absolute Gasteiger partial charge is 0.255 e. The molecule has 6 heteroatoms. The van der Waals surface area contributed by atoms with Gasteiger partial charge in [0.05, 0.1) is 23.5 Å². The second kappa shape index (κ2) is 7.29. The van der Waals surface area contributed by atoms with Crippen LogP contribution in [0.5, 0.6) is 0 Å². The van der Waals surface area contributed by atoms with Crippen molar-refractivity contribution in [2.75, 3.05) is 5.75 Å². The van der Waals surface area contributed by atoms with Gasteiger partial charge in [0, 0.05) is 28.6 Å². The minimum atomic E-state index is -0.0672. The molecule has 1 atom stereocenters. The largest absolute Gasteiger partial charge is 0.344 e. The van der Waals surface area contributed by atoms with Crippen LogP contribution in [-0.4, -0.2) is 21.4 Å². The van der Waals surface area contributed by atoms with Gasteiger partial charge in [-0.25, -0.2) is 0 Å². The zero-order valence-corrected chi connectivity index (χ0v) is 16.7. The molecule has 1 aromatic heterocycles. The minimum Gasteiger partial charge on any atom is -0.344 e. The van der Waals surface area contributed by atoms with Crippen LogP contribution in [0.25, 0.3) is 0 Å². The topological polar surface area (TPSA) is 46.9 Å². The molecule has 0 fully saturated rings. The Morgan fingerprint density at radius 1 is 1.31 bits per heavy atom. The van der Waals surface area contributed by atoms with Gasteiger partial charge < -0.3 is 5.32 Å². The standard InChI is InChI=1S/C20H18BrN3OS/c1-24-18(9-13-5-3-2-4-6-13)16(11-22-24)20(25)23-17-12-26-19-8-7-14(21)10-15(17)19/h2-8,10-11,17H,9,12H2,1H3,(H,23,25). The molecule has 3 aromatic rings. The first-order valence-corrected chi connectivity index (χ1v) is 10.2. The summed E-state index contributed by atoms with van der Waals surface area (Å²) in [5, 5.41) is 7.49. The van der Waals surface area contributed by atoms with Crippen molar-refractivity contribution in [3.05, 3.63) is 81.6 Å². The Morgan fingerprint density at radius 2 is 2.12 bits per heavy atom. The lowest BCUT2D eigenvalue weighted by Gasteiger charge is -2.14. The number of carbonyl (C=O) groups is 1. The lowest BCUT2D eigenvalue weighted by atomic mass is 10.1. The Hall–Kier alpha value is -2.05. The number of nitrogens with one attached hydrogen (secondary N) is 1. The van der Waals surface area contributed by atoms with Crippen LogP contribution in [0.15, 0.2) is 64.1 Å². The zero-order valence-electron chi connectivity index (χ0n) is 14.3. The number of carbonyl (C=O) groups excluding carboxylic acids is 1. The highest BCUT2D eigenvalue weighted by Crippen LogP contribution is 2.39. The Balaban J connectivity index is 1.56. The van der Waals surface area contributed by atoms with Crippen molar-refractivity contribution in [3.8, 4) is 0 Å². The third-order valence-electron chi connectivity index (χ3n) is 4.58. The molecule has 1 aliphatic heterocycles. The number of amides is 1. The molecule has 1 amide bonds. The van der Waals surface area contributed by atoms with Crippen molar-refractivity contribution in [2.45, 2.75) is 17.4 Å². The SMILES string of the molecule is Cn1ncc(C(=O)NC2CSc3ccc(Br)cc32)c1Cc1ccccc1. The summed E-state index contributed by atoms with van der Waals surface area (Å²) in [5.74, 6) is 0.786. The lowest BCUT2D eigenvalue weighted by molar-refractivity contribution is 0.0940. The van der Waals surface area contributed by atoms with E-state index in [-0.39, 0.29) is 11.9 Å². The van der Waals surface area contributed by atoms with Crippen LogP contribution in [0, 0.1) is 0 Å². The van der Waals surface area contributed by atoms with Crippen molar-refractivity contribution >= 4 is 33.6 Å². The van der Waals surface area contributed by atoms with Gasteiger partial charge in [-0.05, 0) is 29.3 Å². The van der Waals surface area contributed by atoms with E-state index in [1.807, 2.05) is 31.3 Å².